The van der Waals surface area contributed by atoms with Gasteiger partial charge in [0.25, 0.3) is 0 Å². The number of likely N-dealkylation sites (N-methyl/N-ethyl adjacent to an activating group) is 1. The first-order chi connectivity index (χ1) is 12.1. The maximum absolute atomic E-state index is 12.4. The van der Waals surface area contributed by atoms with Gasteiger partial charge in [-0.05, 0) is 36.8 Å². The Morgan fingerprint density at radius 3 is 2.68 bits per heavy atom. The number of rotatable bonds is 5. The Morgan fingerprint density at radius 1 is 1.20 bits per heavy atom. The SMILES string of the molecule is CCn1c(CN(C)C(=O)/C=C/c2ccccc2Br)nc2ccccc21. The standard InChI is InChI=1S/C20H20BrN3O/c1-3-24-18-11-7-6-10-17(18)22-19(24)14-23(2)20(25)13-12-15-8-4-5-9-16(15)21/h4-13H,3,14H2,1-2H3/b13-12+. The molecule has 1 aromatic heterocycles. The number of para-hydroxylation sites is 2. The molecule has 0 unspecified atom stereocenters. The number of hydrogen-bond acceptors (Lipinski definition) is 2. The van der Waals surface area contributed by atoms with E-state index in [0.717, 1.165) is 33.4 Å². The van der Waals surface area contributed by atoms with Gasteiger partial charge in [-0.1, -0.05) is 46.3 Å². The molecule has 0 spiro atoms. The van der Waals surface area contributed by atoms with Crippen LogP contribution in [-0.2, 0) is 17.9 Å². The molecule has 25 heavy (non-hydrogen) atoms. The Balaban J connectivity index is 1.77. The molecular weight excluding hydrogens is 378 g/mol. The van der Waals surface area contributed by atoms with E-state index in [1.54, 1.807) is 18.0 Å². The molecule has 0 aliphatic rings. The second-order valence-electron chi connectivity index (χ2n) is 5.81. The summed E-state index contributed by atoms with van der Waals surface area (Å²) in [5, 5.41) is 0. The van der Waals surface area contributed by atoms with Gasteiger partial charge in [0.05, 0.1) is 17.6 Å². The van der Waals surface area contributed by atoms with E-state index in [-0.39, 0.29) is 5.91 Å². The average molecular weight is 398 g/mol. The third-order valence-corrected chi connectivity index (χ3v) is 4.84. The second kappa shape index (κ2) is 7.66. The molecule has 0 saturated carbocycles. The molecule has 0 bridgehead atoms. The van der Waals surface area contributed by atoms with Crippen molar-refractivity contribution in [3.63, 3.8) is 0 Å². The Morgan fingerprint density at radius 2 is 1.92 bits per heavy atom. The lowest BCUT2D eigenvalue weighted by atomic mass is 10.2. The lowest BCUT2D eigenvalue weighted by Crippen LogP contribution is -2.26. The van der Waals surface area contributed by atoms with E-state index in [0.29, 0.717) is 6.54 Å². The second-order valence-corrected chi connectivity index (χ2v) is 6.66. The summed E-state index contributed by atoms with van der Waals surface area (Å²) in [6, 6.07) is 15.9. The molecule has 1 heterocycles. The highest BCUT2D eigenvalue weighted by Gasteiger charge is 2.13. The van der Waals surface area contributed by atoms with Gasteiger partial charge in [-0.15, -0.1) is 0 Å². The highest BCUT2D eigenvalue weighted by Crippen LogP contribution is 2.18. The first-order valence-corrected chi connectivity index (χ1v) is 9.01. The number of nitrogens with zero attached hydrogens (tertiary/aromatic N) is 3. The fourth-order valence-corrected chi connectivity index (χ4v) is 3.20. The normalized spacial score (nSPS) is 11.3. The zero-order chi connectivity index (χ0) is 17.8. The molecule has 2 aromatic carbocycles. The Labute approximate surface area is 155 Å². The maximum atomic E-state index is 12.4. The number of hydrogen-bond donors (Lipinski definition) is 0. The third-order valence-electron chi connectivity index (χ3n) is 4.12. The van der Waals surface area contributed by atoms with Gasteiger partial charge in [-0.3, -0.25) is 4.79 Å². The number of aryl methyl sites for hydroxylation is 1. The summed E-state index contributed by atoms with van der Waals surface area (Å²) >= 11 is 3.49. The van der Waals surface area contributed by atoms with Gasteiger partial charge in [-0.2, -0.15) is 0 Å². The summed E-state index contributed by atoms with van der Waals surface area (Å²) < 4.78 is 3.12. The first-order valence-electron chi connectivity index (χ1n) is 8.22. The van der Waals surface area contributed by atoms with Gasteiger partial charge in [0.15, 0.2) is 0 Å². The fourth-order valence-electron chi connectivity index (χ4n) is 2.79. The average Bonchev–Trinajstić information content (AvgIpc) is 2.97. The van der Waals surface area contributed by atoms with Crippen molar-refractivity contribution >= 4 is 38.9 Å². The summed E-state index contributed by atoms with van der Waals surface area (Å²) in [7, 11) is 1.80. The molecule has 4 nitrogen and oxygen atoms in total. The summed E-state index contributed by atoms with van der Waals surface area (Å²) in [5.74, 6) is 0.847. The van der Waals surface area contributed by atoms with E-state index in [9.17, 15) is 4.79 Å². The zero-order valence-corrected chi connectivity index (χ0v) is 15.9. The smallest absolute Gasteiger partial charge is 0.246 e. The summed E-state index contributed by atoms with van der Waals surface area (Å²) in [4.78, 5) is 18.8. The largest absolute Gasteiger partial charge is 0.335 e. The van der Waals surface area contributed by atoms with Crippen molar-refractivity contribution in [2.75, 3.05) is 7.05 Å². The van der Waals surface area contributed by atoms with Gasteiger partial charge in [0.2, 0.25) is 5.91 Å². The van der Waals surface area contributed by atoms with Crippen LogP contribution in [0.3, 0.4) is 0 Å². The van der Waals surface area contributed by atoms with E-state index in [1.165, 1.54) is 0 Å². The minimum Gasteiger partial charge on any atom is -0.335 e. The quantitative estimate of drug-likeness (QED) is 0.594. The maximum Gasteiger partial charge on any atom is 0.246 e. The minimum absolute atomic E-state index is 0.0505. The highest BCUT2D eigenvalue weighted by atomic mass is 79.9. The van der Waals surface area contributed by atoms with Crippen molar-refractivity contribution in [1.29, 1.82) is 0 Å². The fraction of sp³-hybridized carbons (Fsp3) is 0.200. The van der Waals surface area contributed by atoms with Crippen LogP contribution in [0, 0.1) is 0 Å². The molecule has 0 N–H and O–H groups in total. The lowest BCUT2D eigenvalue weighted by molar-refractivity contribution is -0.125. The van der Waals surface area contributed by atoms with Crippen molar-refractivity contribution in [2.45, 2.75) is 20.0 Å². The Kier molecular flexibility index (Phi) is 5.34. The van der Waals surface area contributed by atoms with E-state index in [4.69, 9.17) is 0 Å². The number of fused-ring (bicyclic) bond motifs is 1. The van der Waals surface area contributed by atoms with Crippen LogP contribution in [0.2, 0.25) is 0 Å². The number of imidazole rings is 1. The molecule has 128 valence electrons. The number of carbonyl (C=O) groups excluding carboxylic acids is 1. The van der Waals surface area contributed by atoms with E-state index in [2.05, 4.69) is 38.5 Å². The van der Waals surface area contributed by atoms with Crippen LogP contribution in [-0.4, -0.2) is 27.4 Å². The van der Waals surface area contributed by atoms with Crippen LogP contribution in [0.15, 0.2) is 59.1 Å². The minimum atomic E-state index is -0.0505. The topological polar surface area (TPSA) is 38.1 Å². The van der Waals surface area contributed by atoms with Crippen LogP contribution in [0.4, 0.5) is 0 Å². The number of aromatic nitrogens is 2. The van der Waals surface area contributed by atoms with Crippen LogP contribution in [0.5, 0.6) is 0 Å². The molecular formula is C20H20BrN3O. The van der Waals surface area contributed by atoms with Crippen molar-refractivity contribution in [3.05, 3.63) is 70.5 Å². The van der Waals surface area contributed by atoms with Crippen molar-refractivity contribution in [1.82, 2.24) is 14.5 Å². The number of benzene rings is 2. The highest BCUT2D eigenvalue weighted by molar-refractivity contribution is 9.10. The monoisotopic (exact) mass is 397 g/mol. The van der Waals surface area contributed by atoms with Gasteiger partial charge in [-0.25, -0.2) is 4.98 Å². The van der Waals surface area contributed by atoms with Gasteiger partial charge < -0.3 is 9.47 Å². The van der Waals surface area contributed by atoms with Gasteiger partial charge in [0.1, 0.15) is 5.82 Å². The van der Waals surface area contributed by atoms with Crippen molar-refractivity contribution in [2.24, 2.45) is 0 Å². The summed E-state index contributed by atoms with van der Waals surface area (Å²) in [6.45, 7) is 3.39. The molecule has 0 atom stereocenters. The Bertz CT molecular complexity index is 930. The predicted octanol–water partition coefficient (Wildman–Crippen LogP) is 4.49. The first kappa shape index (κ1) is 17.4. The number of halogens is 1. The van der Waals surface area contributed by atoms with Gasteiger partial charge >= 0.3 is 0 Å². The molecule has 0 saturated heterocycles. The van der Waals surface area contributed by atoms with Crippen LogP contribution >= 0.6 is 15.9 Å². The van der Waals surface area contributed by atoms with Crippen LogP contribution in [0.1, 0.15) is 18.3 Å². The molecule has 0 aliphatic heterocycles. The van der Waals surface area contributed by atoms with Gasteiger partial charge in [0, 0.05) is 24.1 Å². The molecule has 5 heteroatoms. The Hall–Kier alpha value is -2.40. The predicted molar refractivity (Wildman–Crippen MR) is 105 cm³/mol. The number of amides is 1. The lowest BCUT2D eigenvalue weighted by Gasteiger charge is -2.15. The van der Waals surface area contributed by atoms with Crippen molar-refractivity contribution < 1.29 is 4.79 Å². The van der Waals surface area contributed by atoms with E-state index >= 15 is 0 Å². The summed E-state index contributed by atoms with van der Waals surface area (Å²) in [5.41, 5.74) is 3.04. The van der Waals surface area contributed by atoms with Crippen LogP contribution in [0.25, 0.3) is 17.1 Å². The van der Waals surface area contributed by atoms with Crippen LogP contribution < -0.4 is 0 Å². The molecule has 0 aliphatic carbocycles. The van der Waals surface area contributed by atoms with E-state index < -0.39 is 0 Å². The zero-order valence-electron chi connectivity index (χ0n) is 14.3. The molecule has 0 fully saturated rings. The molecule has 3 aromatic rings. The third kappa shape index (κ3) is 3.82. The molecule has 0 radical (unpaired) electrons. The number of carbonyl (C=O) groups is 1. The van der Waals surface area contributed by atoms with E-state index in [1.807, 2.05) is 48.5 Å². The summed E-state index contributed by atoms with van der Waals surface area (Å²) in [6.07, 6.45) is 3.42. The molecule has 3 rings (SSSR count). The van der Waals surface area contributed by atoms with Crippen molar-refractivity contribution in [3.8, 4) is 0 Å². The molecule has 1 amide bonds.